The van der Waals surface area contributed by atoms with E-state index in [1.54, 1.807) is 18.3 Å². The minimum Gasteiger partial charge on any atom is -0.383 e. The van der Waals surface area contributed by atoms with Crippen molar-refractivity contribution in [3.8, 4) is 6.07 Å². The summed E-state index contributed by atoms with van der Waals surface area (Å²) in [7, 11) is 0. The molecule has 3 heterocycles. The molecular formula is C28H27ClFN7O. The molecule has 4 aromatic rings. The minimum absolute atomic E-state index is 0.308. The summed E-state index contributed by atoms with van der Waals surface area (Å²) in [5.74, 6) is 0.0595. The molecule has 2 N–H and O–H groups in total. The van der Waals surface area contributed by atoms with E-state index in [1.807, 2.05) is 23.0 Å². The monoisotopic (exact) mass is 531 g/mol. The summed E-state index contributed by atoms with van der Waals surface area (Å²) in [4.78, 5) is 4.47. The summed E-state index contributed by atoms with van der Waals surface area (Å²) in [6.45, 7) is 2.18. The van der Waals surface area contributed by atoms with Gasteiger partial charge in [-0.2, -0.15) is 5.26 Å². The molecule has 0 radical (unpaired) electrons. The maximum absolute atomic E-state index is 13.7. The Kier molecular flexibility index (Phi) is 6.83. The van der Waals surface area contributed by atoms with Crippen molar-refractivity contribution in [3.05, 3.63) is 76.5 Å². The van der Waals surface area contributed by atoms with E-state index in [-0.39, 0.29) is 11.9 Å². The molecule has 2 aromatic heterocycles. The van der Waals surface area contributed by atoms with E-state index >= 15 is 0 Å². The fourth-order valence-electron chi connectivity index (χ4n) is 4.92. The number of benzene rings is 2. The fraction of sp³-hybridized carbons (Fsp3) is 0.357. The van der Waals surface area contributed by atoms with Crippen LogP contribution < -0.4 is 10.6 Å². The van der Waals surface area contributed by atoms with Crippen LogP contribution >= 0.6 is 11.6 Å². The van der Waals surface area contributed by atoms with Crippen LogP contribution in [0.1, 0.15) is 54.6 Å². The molecule has 2 aromatic carbocycles. The number of nitriles is 1. The summed E-state index contributed by atoms with van der Waals surface area (Å²) >= 11 is 6.71. The highest BCUT2D eigenvalue weighted by Gasteiger charge is 2.27. The summed E-state index contributed by atoms with van der Waals surface area (Å²) < 4.78 is 21.2. The number of fused-ring (bicyclic) bond motifs is 1. The topological polar surface area (TPSA) is 101 Å². The van der Waals surface area contributed by atoms with Gasteiger partial charge in [0.15, 0.2) is 0 Å². The molecule has 6 rings (SSSR count). The number of hydrogen-bond donors (Lipinski definition) is 2. The van der Waals surface area contributed by atoms with Crippen molar-refractivity contribution < 1.29 is 9.13 Å². The van der Waals surface area contributed by atoms with Crippen molar-refractivity contribution in [3.63, 3.8) is 0 Å². The van der Waals surface area contributed by atoms with Crippen molar-refractivity contribution in [2.45, 2.75) is 37.8 Å². The minimum atomic E-state index is -0.389. The van der Waals surface area contributed by atoms with Crippen LogP contribution in [0.4, 0.5) is 15.8 Å². The summed E-state index contributed by atoms with van der Waals surface area (Å²) in [6.07, 6.45) is 7.79. The number of rotatable bonds is 8. The second kappa shape index (κ2) is 10.6. The van der Waals surface area contributed by atoms with Crippen molar-refractivity contribution in [2.75, 3.05) is 30.4 Å². The highest BCUT2D eigenvalue weighted by molar-refractivity contribution is 6.35. The Morgan fingerprint density at radius 2 is 2.05 bits per heavy atom. The van der Waals surface area contributed by atoms with Crippen molar-refractivity contribution >= 4 is 33.9 Å². The molecule has 2 fully saturated rings. The van der Waals surface area contributed by atoms with Gasteiger partial charge in [0.05, 0.1) is 46.7 Å². The van der Waals surface area contributed by atoms with Crippen LogP contribution in [-0.4, -0.2) is 39.7 Å². The van der Waals surface area contributed by atoms with Crippen LogP contribution in [0.25, 0.3) is 10.9 Å². The van der Waals surface area contributed by atoms with Crippen LogP contribution in [0.15, 0.2) is 48.8 Å². The molecular weight excluding hydrogens is 505 g/mol. The number of nitrogens with zero attached hydrogens (tertiary/aromatic N) is 5. The summed E-state index contributed by atoms with van der Waals surface area (Å²) in [6, 6.07) is 12.3. The third kappa shape index (κ3) is 5.15. The van der Waals surface area contributed by atoms with Gasteiger partial charge in [-0.15, -0.1) is 5.10 Å². The molecule has 1 aliphatic heterocycles. The maximum atomic E-state index is 13.7. The molecule has 2 aliphatic rings. The molecule has 1 aliphatic carbocycles. The molecule has 1 unspecified atom stereocenters. The molecule has 194 valence electrons. The van der Waals surface area contributed by atoms with Gasteiger partial charge < -0.3 is 15.4 Å². The zero-order valence-corrected chi connectivity index (χ0v) is 21.5. The molecule has 8 nitrogen and oxygen atoms in total. The molecule has 0 bridgehead atoms. The van der Waals surface area contributed by atoms with E-state index in [9.17, 15) is 9.65 Å². The molecule has 0 spiro atoms. The Hall–Kier alpha value is -3.74. The second-order valence-corrected chi connectivity index (χ2v) is 10.4. The lowest BCUT2D eigenvalue weighted by Crippen LogP contribution is -2.24. The zero-order chi connectivity index (χ0) is 26.1. The van der Waals surface area contributed by atoms with Gasteiger partial charge in [0.25, 0.3) is 0 Å². The van der Waals surface area contributed by atoms with Gasteiger partial charge in [-0.3, -0.25) is 4.98 Å². The van der Waals surface area contributed by atoms with Crippen molar-refractivity contribution in [1.82, 2.24) is 20.0 Å². The maximum Gasteiger partial charge on any atom is 0.123 e. The average Bonchev–Trinajstić information content (AvgIpc) is 3.68. The van der Waals surface area contributed by atoms with E-state index in [0.29, 0.717) is 46.9 Å². The van der Waals surface area contributed by atoms with Gasteiger partial charge in [0, 0.05) is 30.4 Å². The number of nitrogens with one attached hydrogen (secondary N) is 2. The predicted molar refractivity (Wildman–Crippen MR) is 144 cm³/mol. The van der Waals surface area contributed by atoms with E-state index in [2.05, 4.69) is 32.0 Å². The summed E-state index contributed by atoms with van der Waals surface area (Å²) in [5.41, 5.74) is 4.04. The Labute approximate surface area is 224 Å². The Morgan fingerprint density at radius 1 is 1.21 bits per heavy atom. The smallest absolute Gasteiger partial charge is 0.123 e. The molecule has 10 heteroatoms. The van der Waals surface area contributed by atoms with Crippen LogP contribution in [0.5, 0.6) is 0 Å². The quantitative estimate of drug-likeness (QED) is 0.293. The summed E-state index contributed by atoms with van der Waals surface area (Å²) in [5, 5.41) is 26.8. The lowest BCUT2D eigenvalue weighted by Gasteiger charge is -2.24. The normalized spacial score (nSPS) is 18.2. The first kappa shape index (κ1) is 24.6. The molecule has 2 atom stereocenters. The van der Waals surface area contributed by atoms with Gasteiger partial charge in [-0.05, 0) is 61.4 Å². The predicted octanol–water partition coefficient (Wildman–Crippen LogP) is 5.87. The first-order valence-corrected chi connectivity index (χ1v) is 13.2. The second-order valence-electron chi connectivity index (χ2n) is 9.96. The van der Waals surface area contributed by atoms with Crippen LogP contribution in [0.3, 0.4) is 0 Å². The first-order chi connectivity index (χ1) is 18.6. The number of hydrogen-bond acceptors (Lipinski definition) is 7. The van der Waals surface area contributed by atoms with Crippen LogP contribution in [-0.2, 0) is 4.74 Å². The third-order valence-corrected chi connectivity index (χ3v) is 7.41. The highest BCUT2D eigenvalue weighted by Crippen LogP contribution is 2.37. The SMILES string of the molecule is N#Cc1cnc2c(Cl)cc(N[C@@H](c3ccc(F)cc3)c3cn(C4CC4)nn3)cc2c1NCC1CCCOC1. The molecule has 0 amide bonds. The van der Waals surface area contributed by atoms with Gasteiger partial charge in [0.1, 0.15) is 17.6 Å². The largest absolute Gasteiger partial charge is 0.383 e. The lowest BCUT2D eigenvalue weighted by molar-refractivity contribution is 0.0595. The number of anilines is 2. The Morgan fingerprint density at radius 3 is 2.79 bits per heavy atom. The van der Waals surface area contributed by atoms with Gasteiger partial charge in [-0.1, -0.05) is 28.9 Å². The molecule has 38 heavy (non-hydrogen) atoms. The Balaban J connectivity index is 1.37. The highest BCUT2D eigenvalue weighted by atomic mass is 35.5. The van der Waals surface area contributed by atoms with Crippen molar-refractivity contribution in [2.24, 2.45) is 5.92 Å². The van der Waals surface area contributed by atoms with E-state index in [4.69, 9.17) is 16.3 Å². The number of ether oxygens (including phenoxy) is 1. The number of pyridine rings is 1. The zero-order valence-electron chi connectivity index (χ0n) is 20.7. The Bertz CT molecular complexity index is 1490. The van der Waals surface area contributed by atoms with Gasteiger partial charge >= 0.3 is 0 Å². The van der Waals surface area contributed by atoms with Crippen molar-refractivity contribution in [1.29, 1.82) is 5.26 Å². The number of halogens is 2. The van der Waals surface area contributed by atoms with Gasteiger partial charge in [0.2, 0.25) is 0 Å². The van der Waals surface area contributed by atoms with E-state index < -0.39 is 0 Å². The number of aromatic nitrogens is 4. The molecule has 1 saturated heterocycles. The van der Waals surface area contributed by atoms with E-state index in [1.165, 1.54) is 12.1 Å². The van der Waals surface area contributed by atoms with Crippen LogP contribution in [0.2, 0.25) is 5.02 Å². The average molecular weight is 532 g/mol. The standard InChI is InChI=1S/C28H27ClFN7O/c29-24-11-21(10-23-26(19(12-31)14-33-28(23)24)32-13-17-2-1-9-38-16-17)34-27(18-3-5-20(30)6-4-18)25-15-37(36-35-25)22-7-8-22/h3-6,10-11,14-15,17,22,27,34H,1-2,7-9,13,16H2,(H,32,33)/t17?,27-/m0/s1. The lowest BCUT2D eigenvalue weighted by atomic mass is 10.0. The third-order valence-electron chi connectivity index (χ3n) is 7.13. The van der Waals surface area contributed by atoms with Crippen LogP contribution in [0, 0.1) is 23.1 Å². The fourth-order valence-corrected chi connectivity index (χ4v) is 5.19. The van der Waals surface area contributed by atoms with Gasteiger partial charge in [-0.25, -0.2) is 9.07 Å². The first-order valence-electron chi connectivity index (χ1n) is 12.9. The molecule has 1 saturated carbocycles. The van der Waals surface area contributed by atoms with E-state index in [0.717, 1.165) is 54.6 Å².